The molecule has 0 bridgehead atoms. The van der Waals surface area contributed by atoms with Crippen LogP contribution in [-0.4, -0.2) is 50.1 Å². The standard InChI is InChI=1S/C12H25N3O3S/c1-2-9-19(17,18)15-8-4-3-5-11(15)10-14-12(16)6-7-13/h11H,2-10,13H2,1H3,(H,14,16). The van der Waals surface area contributed by atoms with E-state index in [1.54, 1.807) is 4.31 Å². The van der Waals surface area contributed by atoms with Crippen molar-refractivity contribution in [3.05, 3.63) is 0 Å². The Kier molecular flexibility index (Phi) is 6.74. The highest BCUT2D eigenvalue weighted by molar-refractivity contribution is 7.89. The summed E-state index contributed by atoms with van der Waals surface area (Å²) in [4.78, 5) is 11.4. The molecule has 1 amide bonds. The van der Waals surface area contributed by atoms with Gasteiger partial charge in [0.2, 0.25) is 15.9 Å². The van der Waals surface area contributed by atoms with Crippen molar-refractivity contribution in [3.63, 3.8) is 0 Å². The molecule has 0 spiro atoms. The van der Waals surface area contributed by atoms with Crippen molar-refractivity contribution in [1.29, 1.82) is 0 Å². The minimum Gasteiger partial charge on any atom is -0.354 e. The van der Waals surface area contributed by atoms with Crippen LogP contribution in [0.1, 0.15) is 39.0 Å². The molecule has 1 rings (SSSR count). The molecule has 112 valence electrons. The zero-order valence-electron chi connectivity index (χ0n) is 11.6. The van der Waals surface area contributed by atoms with E-state index in [0.717, 1.165) is 19.3 Å². The Bertz CT molecular complexity index is 384. The van der Waals surface area contributed by atoms with Crippen LogP contribution < -0.4 is 11.1 Å². The first-order valence-electron chi connectivity index (χ1n) is 6.97. The second kappa shape index (κ2) is 7.81. The second-order valence-electron chi connectivity index (χ2n) is 4.92. The number of amides is 1. The van der Waals surface area contributed by atoms with Gasteiger partial charge in [-0.25, -0.2) is 8.42 Å². The Hall–Kier alpha value is -0.660. The third-order valence-corrected chi connectivity index (χ3v) is 5.42. The lowest BCUT2D eigenvalue weighted by molar-refractivity contribution is -0.121. The number of nitrogens with two attached hydrogens (primary N) is 1. The van der Waals surface area contributed by atoms with Crippen LogP contribution in [0, 0.1) is 0 Å². The maximum absolute atomic E-state index is 12.2. The van der Waals surface area contributed by atoms with Crippen molar-refractivity contribution in [2.45, 2.75) is 45.1 Å². The quantitative estimate of drug-likeness (QED) is 0.693. The third kappa shape index (κ3) is 5.08. The summed E-state index contributed by atoms with van der Waals surface area (Å²) in [6.45, 7) is 3.13. The number of hydrogen-bond acceptors (Lipinski definition) is 4. The van der Waals surface area contributed by atoms with Crippen LogP contribution >= 0.6 is 0 Å². The number of rotatable bonds is 7. The van der Waals surface area contributed by atoms with Gasteiger partial charge in [0.05, 0.1) is 5.75 Å². The first-order chi connectivity index (χ1) is 9.01. The monoisotopic (exact) mass is 291 g/mol. The van der Waals surface area contributed by atoms with Crippen LogP contribution in [0.15, 0.2) is 0 Å². The molecule has 1 fully saturated rings. The summed E-state index contributed by atoms with van der Waals surface area (Å²) in [7, 11) is -3.19. The van der Waals surface area contributed by atoms with Gasteiger partial charge in [0.25, 0.3) is 0 Å². The van der Waals surface area contributed by atoms with Gasteiger partial charge in [-0.15, -0.1) is 0 Å². The van der Waals surface area contributed by atoms with Gasteiger partial charge in [-0.3, -0.25) is 4.79 Å². The Morgan fingerprint density at radius 2 is 2.16 bits per heavy atom. The number of carbonyl (C=O) groups is 1. The molecule has 0 aliphatic carbocycles. The topological polar surface area (TPSA) is 92.5 Å². The molecular weight excluding hydrogens is 266 g/mol. The van der Waals surface area contributed by atoms with E-state index in [0.29, 0.717) is 26.1 Å². The van der Waals surface area contributed by atoms with E-state index in [2.05, 4.69) is 5.32 Å². The van der Waals surface area contributed by atoms with Crippen molar-refractivity contribution >= 4 is 15.9 Å². The number of hydrogen-bond donors (Lipinski definition) is 2. The summed E-state index contributed by atoms with van der Waals surface area (Å²) in [6.07, 6.45) is 3.62. The molecule has 6 nitrogen and oxygen atoms in total. The minimum atomic E-state index is -3.19. The zero-order valence-corrected chi connectivity index (χ0v) is 12.4. The molecule has 1 atom stereocenters. The van der Waals surface area contributed by atoms with Crippen molar-refractivity contribution < 1.29 is 13.2 Å². The molecule has 19 heavy (non-hydrogen) atoms. The van der Waals surface area contributed by atoms with E-state index in [1.165, 1.54) is 0 Å². The predicted molar refractivity (Wildman–Crippen MR) is 75.1 cm³/mol. The van der Waals surface area contributed by atoms with Gasteiger partial charge in [-0.1, -0.05) is 13.3 Å². The molecule has 0 aromatic heterocycles. The molecule has 3 N–H and O–H groups in total. The summed E-state index contributed by atoms with van der Waals surface area (Å²) in [5, 5.41) is 2.77. The fourth-order valence-corrected chi connectivity index (χ4v) is 4.16. The van der Waals surface area contributed by atoms with Gasteiger partial charge in [-0.2, -0.15) is 4.31 Å². The van der Waals surface area contributed by atoms with Crippen LogP contribution in [0.25, 0.3) is 0 Å². The normalized spacial score (nSPS) is 21.3. The number of nitrogens with one attached hydrogen (secondary N) is 1. The summed E-state index contributed by atoms with van der Waals surface area (Å²) >= 11 is 0. The summed E-state index contributed by atoms with van der Waals surface area (Å²) in [5.41, 5.74) is 5.31. The predicted octanol–water partition coefficient (Wildman–Crippen LogP) is 0.0457. The van der Waals surface area contributed by atoms with E-state index in [9.17, 15) is 13.2 Å². The van der Waals surface area contributed by atoms with Gasteiger partial charge < -0.3 is 11.1 Å². The van der Waals surface area contributed by atoms with Crippen molar-refractivity contribution in [1.82, 2.24) is 9.62 Å². The average Bonchev–Trinajstić information content (AvgIpc) is 2.37. The molecule has 0 aromatic carbocycles. The highest BCUT2D eigenvalue weighted by Crippen LogP contribution is 2.20. The molecule has 0 saturated carbocycles. The molecule has 1 unspecified atom stereocenters. The maximum atomic E-state index is 12.2. The Balaban J connectivity index is 2.60. The van der Waals surface area contributed by atoms with Crippen LogP contribution in [0.5, 0.6) is 0 Å². The molecule has 7 heteroatoms. The molecule has 1 saturated heterocycles. The Labute approximate surface area is 115 Å². The number of nitrogens with zero attached hydrogens (tertiary/aromatic N) is 1. The van der Waals surface area contributed by atoms with Crippen LogP contribution in [0.3, 0.4) is 0 Å². The van der Waals surface area contributed by atoms with E-state index >= 15 is 0 Å². The fraction of sp³-hybridized carbons (Fsp3) is 0.917. The second-order valence-corrected chi connectivity index (χ2v) is 6.96. The third-order valence-electron chi connectivity index (χ3n) is 3.30. The number of piperidine rings is 1. The smallest absolute Gasteiger partial charge is 0.221 e. The van der Waals surface area contributed by atoms with Crippen LogP contribution in [-0.2, 0) is 14.8 Å². The highest BCUT2D eigenvalue weighted by atomic mass is 32.2. The first kappa shape index (κ1) is 16.4. The minimum absolute atomic E-state index is 0.105. The molecular formula is C12H25N3O3S. The lowest BCUT2D eigenvalue weighted by Crippen LogP contribution is -2.50. The van der Waals surface area contributed by atoms with Gasteiger partial charge in [0.15, 0.2) is 0 Å². The van der Waals surface area contributed by atoms with Gasteiger partial charge in [0, 0.05) is 32.1 Å². The lowest BCUT2D eigenvalue weighted by Gasteiger charge is -2.34. The van der Waals surface area contributed by atoms with Crippen molar-refractivity contribution in [3.8, 4) is 0 Å². The Morgan fingerprint density at radius 1 is 1.42 bits per heavy atom. The molecule has 1 aliphatic rings. The number of sulfonamides is 1. The van der Waals surface area contributed by atoms with Crippen molar-refractivity contribution in [2.75, 3.05) is 25.4 Å². The first-order valence-corrected chi connectivity index (χ1v) is 8.58. The summed E-state index contributed by atoms with van der Waals surface area (Å²) in [6, 6.07) is -0.105. The molecule has 1 aliphatic heterocycles. The van der Waals surface area contributed by atoms with Gasteiger partial charge in [-0.05, 0) is 19.3 Å². The molecule has 1 heterocycles. The van der Waals surface area contributed by atoms with E-state index < -0.39 is 10.0 Å². The average molecular weight is 291 g/mol. The molecule has 0 aromatic rings. The Morgan fingerprint density at radius 3 is 2.79 bits per heavy atom. The van der Waals surface area contributed by atoms with E-state index in [1.807, 2.05) is 6.92 Å². The van der Waals surface area contributed by atoms with Gasteiger partial charge >= 0.3 is 0 Å². The summed E-state index contributed by atoms with van der Waals surface area (Å²) in [5.74, 6) is 0.0705. The highest BCUT2D eigenvalue weighted by Gasteiger charge is 2.31. The lowest BCUT2D eigenvalue weighted by atomic mass is 10.1. The van der Waals surface area contributed by atoms with E-state index in [4.69, 9.17) is 5.73 Å². The number of carbonyl (C=O) groups excluding carboxylic acids is 1. The SMILES string of the molecule is CCCS(=O)(=O)N1CCCCC1CNC(=O)CCN. The van der Waals surface area contributed by atoms with Crippen molar-refractivity contribution in [2.24, 2.45) is 5.73 Å². The van der Waals surface area contributed by atoms with E-state index in [-0.39, 0.29) is 24.1 Å². The molecule has 0 radical (unpaired) electrons. The van der Waals surface area contributed by atoms with Crippen LogP contribution in [0.4, 0.5) is 0 Å². The maximum Gasteiger partial charge on any atom is 0.221 e. The fourth-order valence-electron chi connectivity index (χ4n) is 2.37. The largest absolute Gasteiger partial charge is 0.354 e. The van der Waals surface area contributed by atoms with Gasteiger partial charge in [0.1, 0.15) is 0 Å². The zero-order chi connectivity index (χ0) is 14.3. The van der Waals surface area contributed by atoms with Crippen LogP contribution in [0.2, 0.25) is 0 Å². The summed E-state index contributed by atoms with van der Waals surface area (Å²) < 4.78 is 25.9.